The van der Waals surface area contributed by atoms with E-state index in [9.17, 15) is 14.4 Å². The molecule has 5 heteroatoms. The summed E-state index contributed by atoms with van der Waals surface area (Å²) in [5.74, 6) is -2.02. The number of aliphatic carboxylic acids is 1. The third-order valence-electron chi connectivity index (χ3n) is 2.96. The standard InChI is InChI=1S/C13H13NO4/c15-11-8-9(6-7-12(16)17)13(18)14(11)10-4-2-1-3-5-10/h1-5,9H,6-8H2,(H,16,17). The summed E-state index contributed by atoms with van der Waals surface area (Å²) in [6, 6.07) is 8.68. The third kappa shape index (κ3) is 2.40. The van der Waals surface area contributed by atoms with Gasteiger partial charge in [0.25, 0.3) is 0 Å². The predicted molar refractivity (Wildman–Crippen MR) is 63.9 cm³/mol. The van der Waals surface area contributed by atoms with E-state index < -0.39 is 11.9 Å². The number of carbonyl (C=O) groups excluding carboxylic acids is 2. The Hall–Kier alpha value is -2.17. The van der Waals surface area contributed by atoms with Crippen LogP contribution in [0.25, 0.3) is 0 Å². The highest BCUT2D eigenvalue weighted by atomic mass is 16.4. The fourth-order valence-corrected chi connectivity index (χ4v) is 2.07. The van der Waals surface area contributed by atoms with E-state index in [1.54, 1.807) is 30.3 Å². The lowest BCUT2D eigenvalue weighted by molar-refractivity contribution is -0.137. The molecule has 0 radical (unpaired) electrons. The van der Waals surface area contributed by atoms with Gasteiger partial charge in [-0.3, -0.25) is 19.3 Å². The van der Waals surface area contributed by atoms with Crippen molar-refractivity contribution < 1.29 is 19.5 Å². The van der Waals surface area contributed by atoms with Gasteiger partial charge >= 0.3 is 5.97 Å². The van der Waals surface area contributed by atoms with Crippen molar-refractivity contribution >= 4 is 23.5 Å². The fraction of sp³-hybridized carbons (Fsp3) is 0.308. The lowest BCUT2D eigenvalue weighted by Gasteiger charge is -2.14. The number of carbonyl (C=O) groups is 3. The molecule has 0 aromatic heterocycles. The monoisotopic (exact) mass is 247 g/mol. The van der Waals surface area contributed by atoms with Gasteiger partial charge in [0.15, 0.2) is 0 Å². The summed E-state index contributed by atoms with van der Waals surface area (Å²) in [6.45, 7) is 0. The number of anilines is 1. The average molecular weight is 247 g/mol. The molecule has 1 atom stereocenters. The number of para-hydroxylation sites is 1. The van der Waals surface area contributed by atoms with Gasteiger partial charge in [-0.2, -0.15) is 0 Å². The maximum absolute atomic E-state index is 12.0. The number of amides is 2. The number of carboxylic acids is 1. The molecule has 1 unspecified atom stereocenters. The van der Waals surface area contributed by atoms with Crippen LogP contribution < -0.4 is 4.90 Å². The molecule has 0 spiro atoms. The van der Waals surface area contributed by atoms with Gasteiger partial charge in [-0.15, -0.1) is 0 Å². The van der Waals surface area contributed by atoms with E-state index in [0.29, 0.717) is 5.69 Å². The van der Waals surface area contributed by atoms with Gasteiger partial charge in [0.2, 0.25) is 11.8 Å². The molecule has 1 saturated heterocycles. The van der Waals surface area contributed by atoms with E-state index in [2.05, 4.69) is 0 Å². The molecule has 5 nitrogen and oxygen atoms in total. The summed E-state index contributed by atoms with van der Waals surface area (Å²) in [5, 5.41) is 8.60. The van der Waals surface area contributed by atoms with Crippen LogP contribution in [0.5, 0.6) is 0 Å². The molecule has 1 N–H and O–H groups in total. The number of benzene rings is 1. The van der Waals surface area contributed by atoms with Gasteiger partial charge in [0.1, 0.15) is 0 Å². The Kier molecular flexibility index (Phi) is 3.41. The Labute approximate surface area is 104 Å². The van der Waals surface area contributed by atoms with Gasteiger partial charge in [-0.25, -0.2) is 0 Å². The summed E-state index contributed by atoms with van der Waals surface area (Å²) in [7, 11) is 0. The van der Waals surface area contributed by atoms with Crippen molar-refractivity contribution in [1.82, 2.24) is 0 Å². The van der Waals surface area contributed by atoms with Crippen LogP contribution in [0.15, 0.2) is 30.3 Å². The second-order valence-corrected chi connectivity index (χ2v) is 4.24. The molecule has 1 aromatic rings. The van der Waals surface area contributed by atoms with Gasteiger partial charge in [0.05, 0.1) is 5.69 Å². The first-order valence-electron chi connectivity index (χ1n) is 5.73. The molecule has 0 bridgehead atoms. The van der Waals surface area contributed by atoms with E-state index in [4.69, 9.17) is 5.11 Å². The minimum Gasteiger partial charge on any atom is -0.481 e. The Morgan fingerprint density at radius 1 is 1.28 bits per heavy atom. The van der Waals surface area contributed by atoms with Crippen LogP contribution in [0.1, 0.15) is 19.3 Å². The molecule has 1 heterocycles. The van der Waals surface area contributed by atoms with Crippen molar-refractivity contribution in [2.24, 2.45) is 5.92 Å². The number of carboxylic acid groups (broad SMARTS) is 1. The second kappa shape index (κ2) is 5.00. The van der Waals surface area contributed by atoms with Crippen molar-refractivity contribution in [3.05, 3.63) is 30.3 Å². The largest absolute Gasteiger partial charge is 0.481 e. The quantitative estimate of drug-likeness (QED) is 0.817. The summed E-state index contributed by atoms with van der Waals surface area (Å²) in [4.78, 5) is 35.5. The zero-order chi connectivity index (χ0) is 13.1. The van der Waals surface area contributed by atoms with Crippen molar-refractivity contribution in [3.63, 3.8) is 0 Å². The van der Waals surface area contributed by atoms with Crippen LogP contribution in [0, 0.1) is 5.92 Å². The molecule has 18 heavy (non-hydrogen) atoms. The van der Waals surface area contributed by atoms with Gasteiger partial charge < -0.3 is 5.11 Å². The van der Waals surface area contributed by atoms with E-state index in [1.165, 1.54) is 0 Å². The third-order valence-corrected chi connectivity index (χ3v) is 2.96. The zero-order valence-electron chi connectivity index (χ0n) is 9.70. The lowest BCUT2D eigenvalue weighted by Crippen LogP contribution is -2.30. The van der Waals surface area contributed by atoms with E-state index in [-0.39, 0.29) is 31.1 Å². The van der Waals surface area contributed by atoms with Crippen molar-refractivity contribution in [3.8, 4) is 0 Å². The Morgan fingerprint density at radius 2 is 1.94 bits per heavy atom. The van der Waals surface area contributed by atoms with Crippen LogP contribution in [-0.4, -0.2) is 22.9 Å². The first kappa shape index (κ1) is 12.3. The van der Waals surface area contributed by atoms with Crippen LogP contribution >= 0.6 is 0 Å². The van der Waals surface area contributed by atoms with E-state index >= 15 is 0 Å². The Bertz CT molecular complexity index is 483. The maximum Gasteiger partial charge on any atom is 0.303 e. The lowest BCUT2D eigenvalue weighted by atomic mass is 10.0. The van der Waals surface area contributed by atoms with Crippen LogP contribution in [-0.2, 0) is 14.4 Å². The Morgan fingerprint density at radius 3 is 2.56 bits per heavy atom. The van der Waals surface area contributed by atoms with Crippen molar-refractivity contribution in [1.29, 1.82) is 0 Å². The SMILES string of the molecule is O=C(O)CCC1CC(=O)N(c2ccccc2)C1=O. The molecular formula is C13H13NO4. The highest BCUT2D eigenvalue weighted by Crippen LogP contribution is 2.28. The molecule has 0 saturated carbocycles. The molecule has 0 aliphatic carbocycles. The highest BCUT2D eigenvalue weighted by Gasteiger charge is 2.39. The summed E-state index contributed by atoms with van der Waals surface area (Å²) < 4.78 is 0. The average Bonchev–Trinajstić information content (AvgIpc) is 2.63. The first-order chi connectivity index (χ1) is 8.59. The molecule has 2 amide bonds. The maximum atomic E-state index is 12.0. The summed E-state index contributed by atoms with van der Waals surface area (Å²) >= 11 is 0. The van der Waals surface area contributed by atoms with Crippen LogP contribution in [0.4, 0.5) is 5.69 Å². The van der Waals surface area contributed by atoms with E-state index in [1.807, 2.05) is 0 Å². The number of hydrogen-bond donors (Lipinski definition) is 1. The first-order valence-corrected chi connectivity index (χ1v) is 5.73. The molecule has 1 aliphatic heterocycles. The summed E-state index contributed by atoms with van der Waals surface area (Å²) in [6.07, 6.45) is 0.219. The highest BCUT2D eigenvalue weighted by molar-refractivity contribution is 6.20. The van der Waals surface area contributed by atoms with Crippen molar-refractivity contribution in [2.45, 2.75) is 19.3 Å². The molecule has 2 rings (SSSR count). The van der Waals surface area contributed by atoms with E-state index in [0.717, 1.165) is 4.90 Å². The number of hydrogen-bond acceptors (Lipinski definition) is 3. The molecule has 94 valence electrons. The van der Waals surface area contributed by atoms with Gasteiger partial charge in [0, 0.05) is 18.8 Å². The number of nitrogens with zero attached hydrogens (tertiary/aromatic N) is 1. The molecular weight excluding hydrogens is 234 g/mol. The number of rotatable bonds is 4. The minimum atomic E-state index is -0.951. The second-order valence-electron chi connectivity index (χ2n) is 4.24. The smallest absolute Gasteiger partial charge is 0.303 e. The molecule has 1 aromatic carbocycles. The van der Waals surface area contributed by atoms with Gasteiger partial charge in [-0.05, 0) is 18.6 Å². The predicted octanol–water partition coefficient (Wildman–Crippen LogP) is 1.43. The van der Waals surface area contributed by atoms with Crippen molar-refractivity contribution in [2.75, 3.05) is 4.90 Å². The topological polar surface area (TPSA) is 74.7 Å². The fourth-order valence-electron chi connectivity index (χ4n) is 2.07. The van der Waals surface area contributed by atoms with Crippen LogP contribution in [0.2, 0.25) is 0 Å². The van der Waals surface area contributed by atoms with Crippen LogP contribution in [0.3, 0.4) is 0 Å². The zero-order valence-corrected chi connectivity index (χ0v) is 9.70. The summed E-state index contributed by atoms with van der Waals surface area (Å²) in [5.41, 5.74) is 0.547. The minimum absolute atomic E-state index is 0.0910. The normalized spacial score (nSPS) is 19.3. The molecule has 1 aliphatic rings. The molecule has 1 fully saturated rings. The Balaban J connectivity index is 2.12. The van der Waals surface area contributed by atoms with Gasteiger partial charge in [-0.1, -0.05) is 18.2 Å². The number of imide groups is 1.